The van der Waals surface area contributed by atoms with Gasteiger partial charge in [-0.2, -0.15) is 0 Å². The second-order valence-corrected chi connectivity index (χ2v) is 7.77. The molecule has 1 amide bonds. The second kappa shape index (κ2) is 9.26. The van der Waals surface area contributed by atoms with Crippen molar-refractivity contribution in [2.75, 3.05) is 27.8 Å². The van der Waals surface area contributed by atoms with Crippen LogP contribution in [0.4, 0.5) is 0 Å². The van der Waals surface area contributed by atoms with Crippen molar-refractivity contribution in [2.45, 2.75) is 39.2 Å². The molecule has 6 nitrogen and oxygen atoms in total. The van der Waals surface area contributed by atoms with Crippen LogP contribution in [0, 0.1) is 3.57 Å². The topological polar surface area (TPSA) is 65.1 Å². The molecular weight excluding hydrogens is 437 g/mol. The number of halogens is 1. The van der Waals surface area contributed by atoms with Gasteiger partial charge in [-0.15, -0.1) is 0 Å². The van der Waals surface area contributed by atoms with Crippen LogP contribution in [0.15, 0.2) is 12.1 Å². The van der Waals surface area contributed by atoms with E-state index in [2.05, 4.69) is 22.6 Å². The number of ether oxygens (including phenoxy) is 3. The van der Waals surface area contributed by atoms with Crippen LogP contribution in [-0.4, -0.2) is 50.2 Å². The number of rotatable bonds is 7. The van der Waals surface area contributed by atoms with Crippen LogP contribution in [0.3, 0.4) is 0 Å². The molecule has 25 heavy (non-hydrogen) atoms. The highest BCUT2D eigenvalue weighted by atomic mass is 127. The first-order chi connectivity index (χ1) is 11.6. The molecule has 0 aliphatic heterocycles. The Balaban J connectivity index is 2.69. The average molecular weight is 463 g/mol. The molecule has 1 aromatic rings. The standard InChI is InChI=1S/C18H26INO5/c1-18(2,3)25-16(21)8-7-9-20(4)17(22)12-10-14(23-5)15(24-6)11-13(12)19/h10-11H,7-9H2,1-6H3. The maximum atomic E-state index is 12.6. The zero-order chi connectivity index (χ0) is 19.2. The Morgan fingerprint density at radius 3 is 2.20 bits per heavy atom. The highest BCUT2D eigenvalue weighted by Gasteiger charge is 2.20. The normalized spacial score (nSPS) is 11.0. The molecule has 7 heteroatoms. The number of methoxy groups -OCH3 is 2. The molecule has 0 fully saturated rings. The summed E-state index contributed by atoms with van der Waals surface area (Å²) in [5, 5.41) is 0. The lowest BCUT2D eigenvalue weighted by molar-refractivity contribution is -0.154. The van der Waals surface area contributed by atoms with Gasteiger partial charge in [-0.1, -0.05) is 0 Å². The fourth-order valence-electron chi connectivity index (χ4n) is 2.18. The molecule has 0 N–H and O–H groups in total. The first-order valence-corrected chi connectivity index (χ1v) is 9.05. The summed E-state index contributed by atoms with van der Waals surface area (Å²) in [6.07, 6.45) is 0.818. The maximum Gasteiger partial charge on any atom is 0.306 e. The Kier molecular flexibility index (Phi) is 7.98. The van der Waals surface area contributed by atoms with Crippen LogP contribution in [0.2, 0.25) is 0 Å². The lowest BCUT2D eigenvalue weighted by atomic mass is 10.1. The maximum absolute atomic E-state index is 12.6. The monoisotopic (exact) mass is 463 g/mol. The number of esters is 1. The van der Waals surface area contributed by atoms with E-state index in [4.69, 9.17) is 14.2 Å². The van der Waals surface area contributed by atoms with E-state index in [1.165, 1.54) is 7.11 Å². The zero-order valence-electron chi connectivity index (χ0n) is 15.6. The van der Waals surface area contributed by atoms with E-state index in [9.17, 15) is 9.59 Å². The quantitative estimate of drug-likeness (QED) is 0.458. The molecule has 0 saturated heterocycles. The molecular formula is C18H26INO5. The van der Waals surface area contributed by atoms with Gasteiger partial charge in [-0.25, -0.2) is 0 Å². The van der Waals surface area contributed by atoms with Crippen LogP contribution in [-0.2, 0) is 9.53 Å². The summed E-state index contributed by atoms with van der Waals surface area (Å²) in [5.41, 5.74) is 0.0483. The van der Waals surface area contributed by atoms with E-state index < -0.39 is 5.60 Å². The van der Waals surface area contributed by atoms with Gasteiger partial charge in [-0.3, -0.25) is 9.59 Å². The number of carbonyl (C=O) groups excluding carboxylic acids is 2. The molecule has 1 aromatic carbocycles. The average Bonchev–Trinajstić information content (AvgIpc) is 2.51. The number of carbonyl (C=O) groups is 2. The molecule has 0 saturated carbocycles. The van der Waals surface area contributed by atoms with Gasteiger partial charge in [0.05, 0.1) is 19.8 Å². The van der Waals surface area contributed by atoms with Crippen molar-refractivity contribution < 1.29 is 23.8 Å². The number of nitrogens with zero attached hydrogens (tertiary/aromatic N) is 1. The van der Waals surface area contributed by atoms with Crippen molar-refractivity contribution in [3.63, 3.8) is 0 Å². The molecule has 0 spiro atoms. The number of hydrogen-bond donors (Lipinski definition) is 0. The van der Waals surface area contributed by atoms with E-state index in [1.54, 1.807) is 31.2 Å². The minimum atomic E-state index is -0.492. The van der Waals surface area contributed by atoms with Crippen LogP contribution in [0.1, 0.15) is 44.0 Å². The Morgan fingerprint density at radius 2 is 1.68 bits per heavy atom. The highest BCUT2D eigenvalue weighted by molar-refractivity contribution is 14.1. The molecule has 0 atom stereocenters. The molecule has 0 unspecified atom stereocenters. The lowest BCUT2D eigenvalue weighted by Gasteiger charge is -2.21. The molecule has 0 aliphatic rings. The third-order valence-electron chi connectivity index (χ3n) is 3.34. The Bertz CT molecular complexity index is 625. The molecule has 1 rings (SSSR count). The third kappa shape index (κ3) is 6.72. The predicted octanol–water partition coefficient (Wildman–Crippen LogP) is 3.50. The van der Waals surface area contributed by atoms with E-state index >= 15 is 0 Å². The van der Waals surface area contributed by atoms with E-state index in [1.807, 2.05) is 20.8 Å². The number of amides is 1. The minimum Gasteiger partial charge on any atom is -0.493 e. The summed E-state index contributed by atoms with van der Waals surface area (Å²) in [7, 11) is 4.80. The smallest absolute Gasteiger partial charge is 0.306 e. The molecule has 0 aliphatic carbocycles. The Hall–Kier alpha value is -1.51. The van der Waals surface area contributed by atoms with Gasteiger partial charge in [-0.05, 0) is 61.9 Å². The molecule has 140 valence electrons. The summed E-state index contributed by atoms with van der Waals surface area (Å²) in [6.45, 7) is 5.96. The van der Waals surface area contributed by atoms with E-state index in [-0.39, 0.29) is 18.3 Å². The summed E-state index contributed by atoms with van der Waals surface area (Å²) in [4.78, 5) is 26.0. The molecule has 0 aromatic heterocycles. The molecule has 0 heterocycles. The summed E-state index contributed by atoms with van der Waals surface area (Å²) in [6, 6.07) is 3.44. The summed E-state index contributed by atoms with van der Waals surface area (Å²) >= 11 is 2.10. The van der Waals surface area contributed by atoms with Crippen molar-refractivity contribution in [1.82, 2.24) is 4.90 Å². The van der Waals surface area contributed by atoms with Gasteiger partial charge in [0.15, 0.2) is 11.5 Å². The molecule has 0 bridgehead atoms. The van der Waals surface area contributed by atoms with E-state index in [0.29, 0.717) is 30.0 Å². The van der Waals surface area contributed by atoms with Crippen LogP contribution < -0.4 is 9.47 Å². The van der Waals surface area contributed by atoms with Gasteiger partial charge < -0.3 is 19.1 Å². The predicted molar refractivity (Wildman–Crippen MR) is 104 cm³/mol. The minimum absolute atomic E-state index is 0.130. The van der Waals surface area contributed by atoms with Gasteiger partial charge >= 0.3 is 5.97 Å². The largest absolute Gasteiger partial charge is 0.493 e. The first-order valence-electron chi connectivity index (χ1n) is 7.98. The lowest BCUT2D eigenvalue weighted by Crippen LogP contribution is -2.29. The van der Waals surface area contributed by atoms with Crippen molar-refractivity contribution in [1.29, 1.82) is 0 Å². The first kappa shape index (κ1) is 21.5. The van der Waals surface area contributed by atoms with Crippen LogP contribution >= 0.6 is 22.6 Å². The van der Waals surface area contributed by atoms with Crippen molar-refractivity contribution >= 4 is 34.5 Å². The Labute approximate surface area is 162 Å². The van der Waals surface area contributed by atoms with Gasteiger partial charge in [0, 0.05) is 23.6 Å². The van der Waals surface area contributed by atoms with E-state index in [0.717, 1.165) is 3.57 Å². The number of hydrogen-bond acceptors (Lipinski definition) is 5. The fraction of sp³-hybridized carbons (Fsp3) is 0.556. The van der Waals surface area contributed by atoms with Crippen LogP contribution in [0.25, 0.3) is 0 Å². The van der Waals surface area contributed by atoms with Gasteiger partial charge in [0.1, 0.15) is 5.60 Å². The third-order valence-corrected chi connectivity index (χ3v) is 4.24. The highest BCUT2D eigenvalue weighted by Crippen LogP contribution is 2.31. The SMILES string of the molecule is COc1cc(I)c(C(=O)N(C)CCCC(=O)OC(C)(C)C)cc1OC. The summed E-state index contributed by atoms with van der Waals surface area (Å²) < 4.78 is 16.5. The van der Waals surface area contributed by atoms with Gasteiger partial charge in [0.2, 0.25) is 0 Å². The van der Waals surface area contributed by atoms with Crippen molar-refractivity contribution in [3.05, 3.63) is 21.3 Å². The van der Waals surface area contributed by atoms with Crippen molar-refractivity contribution in [2.24, 2.45) is 0 Å². The van der Waals surface area contributed by atoms with Gasteiger partial charge in [0.25, 0.3) is 5.91 Å². The zero-order valence-corrected chi connectivity index (χ0v) is 17.8. The number of benzene rings is 1. The molecule has 0 radical (unpaired) electrons. The Morgan fingerprint density at radius 1 is 1.12 bits per heavy atom. The van der Waals surface area contributed by atoms with Crippen molar-refractivity contribution in [3.8, 4) is 11.5 Å². The van der Waals surface area contributed by atoms with Crippen LogP contribution in [0.5, 0.6) is 11.5 Å². The fourth-order valence-corrected chi connectivity index (χ4v) is 2.85. The summed E-state index contributed by atoms with van der Waals surface area (Å²) in [5.74, 6) is 0.702. The second-order valence-electron chi connectivity index (χ2n) is 6.60.